The predicted molar refractivity (Wildman–Crippen MR) is 105 cm³/mol. The van der Waals surface area contributed by atoms with Gasteiger partial charge in [0.1, 0.15) is 12.0 Å². The van der Waals surface area contributed by atoms with Gasteiger partial charge in [-0.05, 0) is 44.9 Å². The number of hydrogen-bond acceptors (Lipinski definition) is 6. The van der Waals surface area contributed by atoms with E-state index in [1.807, 2.05) is 20.0 Å². The number of piperidine rings is 1. The Kier molecular flexibility index (Phi) is 6.90. The van der Waals surface area contributed by atoms with Crippen molar-refractivity contribution in [1.29, 1.82) is 0 Å². The average molecular weight is 403 g/mol. The Balaban J connectivity index is 1.76. The van der Waals surface area contributed by atoms with Crippen LogP contribution < -0.4 is 0 Å². The second-order valence-corrected chi connectivity index (χ2v) is 7.94. The van der Waals surface area contributed by atoms with Crippen molar-refractivity contribution in [2.75, 3.05) is 7.05 Å². The molecule has 3 rings (SSSR count). The third-order valence-electron chi connectivity index (χ3n) is 6.11. The average Bonchev–Trinajstić information content (AvgIpc) is 2.94. The second kappa shape index (κ2) is 9.39. The van der Waals surface area contributed by atoms with Crippen molar-refractivity contribution in [3.05, 3.63) is 35.9 Å². The van der Waals surface area contributed by atoms with Crippen LogP contribution in [-0.4, -0.2) is 59.3 Å². The zero-order chi connectivity index (χ0) is 21.0. The molecule has 2 aliphatic heterocycles. The van der Waals surface area contributed by atoms with Gasteiger partial charge in [0, 0.05) is 18.5 Å². The quantitative estimate of drug-likeness (QED) is 0.667. The van der Waals surface area contributed by atoms with Crippen LogP contribution in [0.25, 0.3) is 0 Å². The van der Waals surface area contributed by atoms with Crippen LogP contribution in [0.3, 0.4) is 0 Å². The van der Waals surface area contributed by atoms with E-state index in [1.165, 1.54) is 0 Å². The lowest BCUT2D eigenvalue weighted by Gasteiger charge is -2.41. The molecule has 2 fully saturated rings. The van der Waals surface area contributed by atoms with Crippen LogP contribution in [0.15, 0.2) is 30.3 Å². The van der Waals surface area contributed by atoms with Crippen molar-refractivity contribution in [3.8, 4) is 0 Å². The smallest absolute Gasteiger partial charge is 0.345 e. The Morgan fingerprint density at radius 1 is 1.21 bits per heavy atom. The van der Waals surface area contributed by atoms with Crippen LogP contribution in [-0.2, 0) is 19.1 Å². The molecular weight excluding hydrogens is 374 g/mol. The molecule has 7 heteroatoms. The first-order valence-electron chi connectivity index (χ1n) is 10.3. The number of fused-ring (bicyclic) bond motifs is 2. The van der Waals surface area contributed by atoms with Gasteiger partial charge in [0.15, 0.2) is 6.10 Å². The van der Waals surface area contributed by atoms with E-state index in [2.05, 4.69) is 4.90 Å². The lowest BCUT2D eigenvalue weighted by Crippen LogP contribution is -2.54. The summed E-state index contributed by atoms with van der Waals surface area (Å²) in [6, 6.07) is 8.80. The molecule has 2 aliphatic rings. The first kappa shape index (κ1) is 21.3. The Morgan fingerprint density at radius 3 is 2.59 bits per heavy atom. The first-order chi connectivity index (χ1) is 13.9. The highest BCUT2D eigenvalue weighted by molar-refractivity contribution is 5.90. The largest absolute Gasteiger partial charge is 0.479 e. The molecule has 0 amide bonds. The minimum Gasteiger partial charge on any atom is -0.479 e. The number of carboxylic acid groups (broad SMARTS) is 1. The van der Waals surface area contributed by atoms with Crippen LogP contribution in [0.5, 0.6) is 0 Å². The number of rotatable bonds is 8. The topological polar surface area (TPSA) is 93.1 Å². The van der Waals surface area contributed by atoms with Gasteiger partial charge in [-0.25, -0.2) is 9.59 Å². The summed E-state index contributed by atoms with van der Waals surface area (Å²) >= 11 is 0. The van der Waals surface area contributed by atoms with Crippen LogP contribution in [0, 0.1) is 5.92 Å². The van der Waals surface area contributed by atoms with E-state index in [-0.39, 0.29) is 18.5 Å². The van der Waals surface area contributed by atoms with Gasteiger partial charge in [-0.1, -0.05) is 31.5 Å². The summed E-state index contributed by atoms with van der Waals surface area (Å²) in [5, 5.41) is 9.42. The van der Waals surface area contributed by atoms with E-state index in [0.717, 1.165) is 19.3 Å². The molecule has 0 saturated carbocycles. The van der Waals surface area contributed by atoms with Gasteiger partial charge >= 0.3 is 17.9 Å². The number of carbonyl (C=O) groups excluding carboxylic acids is 2. The molecule has 2 bridgehead atoms. The van der Waals surface area contributed by atoms with E-state index in [0.29, 0.717) is 18.4 Å². The summed E-state index contributed by atoms with van der Waals surface area (Å²) < 4.78 is 11.2. The normalized spacial score (nSPS) is 27.2. The van der Waals surface area contributed by atoms with Crippen molar-refractivity contribution >= 4 is 17.9 Å². The summed E-state index contributed by atoms with van der Waals surface area (Å²) in [5.74, 6) is -2.89. The zero-order valence-electron chi connectivity index (χ0n) is 17.0. The van der Waals surface area contributed by atoms with E-state index < -0.39 is 36.0 Å². The van der Waals surface area contributed by atoms with Crippen molar-refractivity contribution in [2.45, 2.75) is 69.7 Å². The fourth-order valence-corrected chi connectivity index (χ4v) is 4.47. The van der Waals surface area contributed by atoms with Gasteiger partial charge in [0.25, 0.3) is 0 Å². The van der Waals surface area contributed by atoms with Gasteiger partial charge in [-0.3, -0.25) is 9.69 Å². The van der Waals surface area contributed by atoms with Crippen LogP contribution in [0.2, 0.25) is 0 Å². The number of ether oxygens (including phenoxy) is 2. The van der Waals surface area contributed by atoms with Gasteiger partial charge in [0.05, 0.1) is 5.56 Å². The fourth-order valence-electron chi connectivity index (χ4n) is 4.47. The molecule has 1 aromatic rings. The summed E-state index contributed by atoms with van der Waals surface area (Å²) in [4.78, 5) is 39.3. The predicted octanol–water partition coefficient (Wildman–Crippen LogP) is 2.88. The molecular formula is C22H29NO6. The number of hydrogen-bond donors (Lipinski definition) is 1. The van der Waals surface area contributed by atoms with Crippen LogP contribution in [0.1, 0.15) is 55.8 Å². The van der Waals surface area contributed by atoms with E-state index >= 15 is 0 Å². The number of nitrogens with zero attached hydrogens (tertiary/aromatic N) is 1. The monoisotopic (exact) mass is 403 g/mol. The molecule has 0 radical (unpaired) electrons. The molecule has 158 valence electrons. The number of carboxylic acids is 1. The Morgan fingerprint density at radius 2 is 1.93 bits per heavy atom. The van der Waals surface area contributed by atoms with Crippen LogP contribution >= 0.6 is 0 Å². The van der Waals surface area contributed by atoms with E-state index in [1.54, 1.807) is 24.3 Å². The molecule has 1 N–H and O–H groups in total. The number of carbonyl (C=O) groups is 3. The second-order valence-electron chi connectivity index (χ2n) is 7.94. The molecule has 1 aromatic carbocycles. The number of aliphatic carboxylic acids is 1. The third kappa shape index (κ3) is 4.78. The standard InChI is InChI=1S/C22H29NO6/c1-3-4-10-17(20(24)25)28-22(27)19-16-12-11-15(23(16)2)13-18(19)29-21(26)14-8-6-5-7-9-14/h5-9,15-19H,3-4,10-13H2,1-2H3,(H,24,25)/t15?,16?,17-,18+,19?/m1/s1. The third-order valence-corrected chi connectivity index (χ3v) is 6.11. The Labute approximate surface area is 171 Å². The van der Waals surface area contributed by atoms with Gasteiger partial charge in [-0.15, -0.1) is 0 Å². The maximum atomic E-state index is 13.0. The molecule has 0 aliphatic carbocycles. The first-order valence-corrected chi connectivity index (χ1v) is 10.3. The van der Waals surface area contributed by atoms with Crippen molar-refractivity contribution in [2.24, 2.45) is 5.92 Å². The summed E-state index contributed by atoms with van der Waals surface area (Å²) in [6.45, 7) is 1.95. The molecule has 2 heterocycles. The molecule has 0 aromatic heterocycles. The summed E-state index contributed by atoms with van der Waals surface area (Å²) in [7, 11) is 1.96. The SMILES string of the molecule is CCCC[C@@H](OC(=O)C1C2CCC(C[C@@H]1OC(=O)c1ccccc1)N2C)C(=O)O. The minimum atomic E-state index is -1.17. The minimum absolute atomic E-state index is 0.115. The summed E-state index contributed by atoms with van der Waals surface area (Å²) in [5.41, 5.74) is 0.428. The summed E-state index contributed by atoms with van der Waals surface area (Å²) in [6.07, 6.45) is 2.22. The van der Waals surface area contributed by atoms with Crippen molar-refractivity contribution < 1.29 is 29.0 Å². The number of benzene rings is 1. The van der Waals surface area contributed by atoms with Crippen LogP contribution in [0.4, 0.5) is 0 Å². The Hall–Kier alpha value is -2.41. The zero-order valence-corrected chi connectivity index (χ0v) is 17.0. The van der Waals surface area contributed by atoms with Gasteiger partial charge < -0.3 is 14.6 Å². The van der Waals surface area contributed by atoms with Gasteiger partial charge in [0.2, 0.25) is 0 Å². The number of esters is 2. The molecule has 5 atom stereocenters. The number of unbranched alkanes of at least 4 members (excludes halogenated alkanes) is 1. The van der Waals surface area contributed by atoms with Crippen molar-refractivity contribution in [3.63, 3.8) is 0 Å². The van der Waals surface area contributed by atoms with Gasteiger partial charge in [-0.2, -0.15) is 0 Å². The molecule has 7 nitrogen and oxygen atoms in total. The maximum Gasteiger partial charge on any atom is 0.345 e. The highest BCUT2D eigenvalue weighted by Crippen LogP contribution is 2.40. The lowest BCUT2D eigenvalue weighted by molar-refractivity contribution is -0.174. The molecule has 3 unspecified atom stereocenters. The van der Waals surface area contributed by atoms with E-state index in [4.69, 9.17) is 9.47 Å². The molecule has 2 saturated heterocycles. The highest BCUT2D eigenvalue weighted by Gasteiger charge is 2.51. The maximum absolute atomic E-state index is 13.0. The molecule has 29 heavy (non-hydrogen) atoms. The van der Waals surface area contributed by atoms with Crippen molar-refractivity contribution in [1.82, 2.24) is 4.90 Å². The fraction of sp³-hybridized carbons (Fsp3) is 0.591. The Bertz CT molecular complexity index is 736. The molecule has 0 spiro atoms. The van der Waals surface area contributed by atoms with E-state index in [9.17, 15) is 19.5 Å². The highest BCUT2D eigenvalue weighted by atomic mass is 16.6. The lowest BCUT2D eigenvalue weighted by atomic mass is 9.87.